The van der Waals surface area contributed by atoms with E-state index in [1.165, 1.54) is 18.3 Å². The van der Waals surface area contributed by atoms with Crippen molar-refractivity contribution in [1.29, 1.82) is 0 Å². The molecule has 1 aliphatic rings. The van der Waals surface area contributed by atoms with Crippen molar-refractivity contribution in [2.75, 3.05) is 11.1 Å². The van der Waals surface area contributed by atoms with Gasteiger partial charge in [-0.1, -0.05) is 17.7 Å². The summed E-state index contributed by atoms with van der Waals surface area (Å²) in [6.45, 7) is 1.63. The van der Waals surface area contributed by atoms with Gasteiger partial charge < -0.3 is 16.4 Å². The lowest BCUT2D eigenvalue weighted by molar-refractivity contribution is -0.121. The van der Waals surface area contributed by atoms with Crippen molar-refractivity contribution >= 4 is 45.7 Å². The van der Waals surface area contributed by atoms with Crippen LogP contribution in [0.4, 0.5) is 15.8 Å². The maximum Gasteiger partial charge on any atom is 0.254 e. The van der Waals surface area contributed by atoms with E-state index in [0.29, 0.717) is 38.4 Å². The zero-order chi connectivity index (χ0) is 20.7. The lowest BCUT2D eigenvalue weighted by atomic mass is 9.84. The number of aromatic amines is 1. The van der Waals surface area contributed by atoms with Gasteiger partial charge in [-0.2, -0.15) is 5.10 Å². The van der Waals surface area contributed by atoms with Crippen LogP contribution in [0.5, 0.6) is 0 Å². The minimum atomic E-state index is -0.597. The maximum absolute atomic E-state index is 14.4. The zero-order valence-corrected chi connectivity index (χ0v) is 16.1. The highest BCUT2D eigenvalue weighted by Gasteiger charge is 2.32. The summed E-state index contributed by atoms with van der Waals surface area (Å²) >= 11 is 5.99. The number of carbonyl (C=O) groups is 2. The number of hydrogen-bond acceptors (Lipinski definition) is 4. The largest absolute Gasteiger partial charge is 0.398 e. The van der Waals surface area contributed by atoms with Crippen molar-refractivity contribution in [2.24, 2.45) is 0 Å². The molecule has 0 saturated heterocycles. The molecule has 9 heteroatoms. The number of H-pyrrole nitrogens is 1. The molecule has 0 saturated carbocycles. The Kier molecular flexibility index (Phi) is 4.71. The average molecular weight is 414 g/mol. The second-order valence-corrected chi connectivity index (χ2v) is 7.28. The van der Waals surface area contributed by atoms with Gasteiger partial charge >= 0.3 is 0 Å². The maximum atomic E-state index is 14.4. The molecule has 148 valence electrons. The SMILES string of the molecule is CC1=C(C(=O)Nc2cc3cn[nH]c3cc2F)C(c2ccc(Cl)c(N)c2)CC(=O)N1. The number of carbonyl (C=O) groups excluding carboxylic acids is 2. The van der Waals surface area contributed by atoms with Gasteiger partial charge in [0.05, 0.1) is 28.1 Å². The summed E-state index contributed by atoms with van der Waals surface area (Å²) < 4.78 is 14.4. The van der Waals surface area contributed by atoms with E-state index in [0.717, 1.165) is 0 Å². The smallest absolute Gasteiger partial charge is 0.254 e. The quantitative estimate of drug-likeness (QED) is 0.492. The first kappa shape index (κ1) is 18.9. The molecule has 1 atom stereocenters. The fourth-order valence-corrected chi connectivity index (χ4v) is 3.64. The van der Waals surface area contributed by atoms with Crippen LogP contribution in [0, 0.1) is 5.82 Å². The Balaban J connectivity index is 1.71. The van der Waals surface area contributed by atoms with Gasteiger partial charge in [-0.15, -0.1) is 0 Å². The van der Waals surface area contributed by atoms with Gasteiger partial charge in [0.1, 0.15) is 5.82 Å². The van der Waals surface area contributed by atoms with Gasteiger partial charge in [-0.05, 0) is 30.7 Å². The van der Waals surface area contributed by atoms with Crippen molar-refractivity contribution in [2.45, 2.75) is 19.3 Å². The highest BCUT2D eigenvalue weighted by Crippen LogP contribution is 2.36. The molecule has 0 fully saturated rings. The molecule has 7 nitrogen and oxygen atoms in total. The highest BCUT2D eigenvalue weighted by atomic mass is 35.5. The van der Waals surface area contributed by atoms with E-state index >= 15 is 0 Å². The van der Waals surface area contributed by atoms with E-state index < -0.39 is 17.6 Å². The first-order valence-electron chi connectivity index (χ1n) is 8.83. The Labute approximate surface area is 170 Å². The van der Waals surface area contributed by atoms with Crippen molar-refractivity contribution in [3.63, 3.8) is 0 Å². The van der Waals surface area contributed by atoms with Crippen LogP contribution in [0.2, 0.25) is 5.02 Å². The number of nitrogens with two attached hydrogens (primary N) is 1. The average Bonchev–Trinajstić information content (AvgIpc) is 3.10. The Morgan fingerprint density at radius 3 is 2.90 bits per heavy atom. The van der Waals surface area contributed by atoms with Crippen molar-refractivity contribution in [3.05, 3.63) is 64.2 Å². The molecule has 29 heavy (non-hydrogen) atoms. The van der Waals surface area contributed by atoms with E-state index in [-0.39, 0.29) is 18.0 Å². The molecule has 2 amide bonds. The Hall–Kier alpha value is -3.39. The van der Waals surface area contributed by atoms with E-state index in [1.807, 2.05) is 0 Å². The summed E-state index contributed by atoms with van der Waals surface area (Å²) in [5.41, 5.74) is 8.21. The van der Waals surface area contributed by atoms with Crippen LogP contribution in [0.3, 0.4) is 0 Å². The Morgan fingerprint density at radius 1 is 1.34 bits per heavy atom. The number of fused-ring (bicyclic) bond motifs is 1. The van der Waals surface area contributed by atoms with Gasteiger partial charge in [0.2, 0.25) is 5.91 Å². The summed E-state index contributed by atoms with van der Waals surface area (Å²) in [6, 6.07) is 7.75. The minimum absolute atomic E-state index is 0.0236. The monoisotopic (exact) mass is 413 g/mol. The van der Waals surface area contributed by atoms with Crippen LogP contribution in [0.1, 0.15) is 24.8 Å². The van der Waals surface area contributed by atoms with Crippen LogP contribution in [-0.4, -0.2) is 22.0 Å². The Bertz CT molecular complexity index is 1190. The second kappa shape index (κ2) is 7.21. The van der Waals surface area contributed by atoms with Crippen molar-refractivity contribution in [1.82, 2.24) is 15.5 Å². The number of anilines is 2. The molecule has 0 spiro atoms. The number of benzene rings is 2. The number of aromatic nitrogens is 2. The van der Waals surface area contributed by atoms with Gasteiger partial charge in [-0.25, -0.2) is 4.39 Å². The molecular weight excluding hydrogens is 397 g/mol. The third-order valence-corrected chi connectivity index (χ3v) is 5.26. The highest BCUT2D eigenvalue weighted by molar-refractivity contribution is 6.33. The van der Waals surface area contributed by atoms with E-state index in [9.17, 15) is 14.0 Å². The Morgan fingerprint density at radius 2 is 2.14 bits per heavy atom. The molecule has 1 unspecified atom stereocenters. The number of allylic oxidation sites excluding steroid dienone is 1. The topological polar surface area (TPSA) is 113 Å². The zero-order valence-electron chi connectivity index (χ0n) is 15.3. The first-order valence-corrected chi connectivity index (χ1v) is 9.21. The summed E-state index contributed by atoms with van der Waals surface area (Å²) in [5.74, 6) is -1.86. The van der Waals surface area contributed by atoms with Crippen LogP contribution in [-0.2, 0) is 9.59 Å². The van der Waals surface area contributed by atoms with Crippen molar-refractivity contribution in [3.8, 4) is 0 Å². The standard InChI is InChI=1S/C20H17ClFN5O2/c1-9-19(12(6-18(28)25-9)10-2-3-13(21)15(23)4-10)20(29)26-17-5-11-8-24-27-16(11)7-14(17)22/h2-5,7-8,12H,6,23H2,1H3,(H,24,27)(H,25,28)(H,26,29). The second-order valence-electron chi connectivity index (χ2n) is 6.87. The number of hydrogen-bond donors (Lipinski definition) is 4. The number of amides is 2. The van der Waals surface area contributed by atoms with Crippen LogP contribution in [0.25, 0.3) is 10.9 Å². The summed E-state index contributed by atoms with van der Waals surface area (Å²) in [5, 5.41) is 12.9. The van der Waals surface area contributed by atoms with Crippen LogP contribution < -0.4 is 16.4 Å². The molecule has 2 aromatic carbocycles. The fraction of sp³-hybridized carbons (Fsp3) is 0.150. The van der Waals surface area contributed by atoms with Crippen LogP contribution >= 0.6 is 11.6 Å². The lowest BCUT2D eigenvalue weighted by Crippen LogP contribution is -2.35. The fourth-order valence-electron chi connectivity index (χ4n) is 3.52. The lowest BCUT2D eigenvalue weighted by Gasteiger charge is -2.27. The molecule has 1 aromatic heterocycles. The predicted octanol–water partition coefficient (Wildman–Crippen LogP) is 3.45. The number of halogens is 2. The van der Waals surface area contributed by atoms with Crippen LogP contribution in [0.15, 0.2) is 47.8 Å². The molecule has 4 rings (SSSR count). The van der Waals surface area contributed by atoms with Crippen molar-refractivity contribution < 1.29 is 14.0 Å². The molecule has 2 heterocycles. The molecule has 5 N–H and O–H groups in total. The molecule has 0 bridgehead atoms. The number of rotatable bonds is 3. The van der Waals surface area contributed by atoms with Gasteiger partial charge in [0, 0.05) is 35.1 Å². The molecule has 0 radical (unpaired) electrons. The summed E-state index contributed by atoms with van der Waals surface area (Å²) in [6.07, 6.45) is 1.60. The van der Waals surface area contributed by atoms with Gasteiger partial charge in [0.25, 0.3) is 5.91 Å². The van der Waals surface area contributed by atoms with Gasteiger partial charge in [0.15, 0.2) is 0 Å². The van der Waals surface area contributed by atoms with E-state index in [1.54, 1.807) is 25.1 Å². The summed E-state index contributed by atoms with van der Waals surface area (Å²) in [4.78, 5) is 25.2. The number of nitrogens with one attached hydrogen (secondary N) is 3. The number of nitrogens with zero attached hydrogens (tertiary/aromatic N) is 1. The molecule has 3 aromatic rings. The summed E-state index contributed by atoms with van der Waals surface area (Å²) in [7, 11) is 0. The third-order valence-electron chi connectivity index (χ3n) is 4.91. The first-order chi connectivity index (χ1) is 13.8. The normalized spacial score (nSPS) is 16.8. The third kappa shape index (κ3) is 3.54. The van der Waals surface area contributed by atoms with E-state index in [4.69, 9.17) is 17.3 Å². The molecular formula is C20H17ClFN5O2. The minimum Gasteiger partial charge on any atom is -0.398 e. The molecule has 1 aliphatic heterocycles. The van der Waals surface area contributed by atoms with Gasteiger partial charge in [-0.3, -0.25) is 14.7 Å². The number of nitrogen functional groups attached to an aromatic ring is 1. The molecule has 0 aliphatic carbocycles. The predicted molar refractivity (Wildman–Crippen MR) is 109 cm³/mol. The van der Waals surface area contributed by atoms with E-state index in [2.05, 4.69) is 20.8 Å².